The Kier molecular flexibility index (Phi) is 5.82. The molecular formula is C21H28N2O4. The van der Waals surface area contributed by atoms with Crippen LogP contribution in [-0.4, -0.2) is 40.9 Å². The van der Waals surface area contributed by atoms with Gasteiger partial charge in [-0.25, -0.2) is 4.79 Å². The number of carbonyl (C=O) groups excluding carboxylic acids is 2. The van der Waals surface area contributed by atoms with E-state index in [1.165, 1.54) is 6.07 Å². The molecule has 1 aromatic rings. The number of carbonyl (C=O) groups is 3. The fourth-order valence-corrected chi connectivity index (χ4v) is 4.36. The van der Waals surface area contributed by atoms with Crippen molar-refractivity contribution in [1.82, 2.24) is 4.90 Å². The summed E-state index contributed by atoms with van der Waals surface area (Å²) in [7, 11) is 0. The third-order valence-corrected chi connectivity index (χ3v) is 5.90. The van der Waals surface area contributed by atoms with Gasteiger partial charge in [0.15, 0.2) is 0 Å². The molecule has 0 spiro atoms. The van der Waals surface area contributed by atoms with Crippen molar-refractivity contribution in [3.8, 4) is 0 Å². The molecular weight excluding hydrogens is 344 g/mol. The number of carboxylic acid groups (broad SMARTS) is 1. The molecule has 2 fully saturated rings. The number of nitrogens with zero attached hydrogens (tertiary/aromatic N) is 1. The van der Waals surface area contributed by atoms with Crippen molar-refractivity contribution in [2.45, 2.75) is 52.4 Å². The quantitative estimate of drug-likeness (QED) is 0.848. The number of rotatable bonds is 4. The molecule has 0 aromatic heterocycles. The highest BCUT2D eigenvalue weighted by Crippen LogP contribution is 2.34. The van der Waals surface area contributed by atoms with E-state index >= 15 is 0 Å². The zero-order valence-corrected chi connectivity index (χ0v) is 16.1. The molecule has 2 N–H and O–H groups in total. The largest absolute Gasteiger partial charge is 0.478 e. The maximum Gasteiger partial charge on any atom is 0.336 e. The summed E-state index contributed by atoms with van der Waals surface area (Å²) >= 11 is 0. The van der Waals surface area contributed by atoms with Crippen molar-refractivity contribution in [2.24, 2.45) is 11.8 Å². The first-order valence-corrected chi connectivity index (χ1v) is 9.82. The van der Waals surface area contributed by atoms with E-state index in [4.69, 9.17) is 0 Å². The van der Waals surface area contributed by atoms with Gasteiger partial charge < -0.3 is 15.3 Å². The van der Waals surface area contributed by atoms with E-state index in [2.05, 4.69) is 5.32 Å². The van der Waals surface area contributed by atoms with Crippen LogP contribution >= 0.6 is 0 Å². The molecule has 1 aromatic carbocycles. The summed E-state index contributed by atoms with van der Waals surface area (Å²) < 4.78 is 0. The van der Waals surface area contributed by atoms with Gasteiger partial charge in [-0.2, -0.15) is 0 Å². The predicted octanol–water partition coefficient (Wildman–Crippen LogP) is 3.37. The summed E-state index contributed by atoms with van der Waals surface area (Å²) in [5.74, 6) is -1.68. The smallest absolute Gasteiger partial charge is 0.336 e. The van der Waals surface area contributed by atoms with Crippen LogP contribution < -0.4 is 5.32 Å². The van der Waals surface area contributed by atoms with E-state index in [0.717, 1.165) is 50.8 Å². The number of hydrogen-bond acceptors (Lipinski definition) is 3. The van der Waals surface area contributed by atoms with Crippen LogP contribution in [0.25, 0.3) is 0 Å². The lowest BCUT2D eigenvalue weighted by atomic mass is 9.77. The number of carboxylic acids is 1. The average molecular weight is 372 g/mol. The van der Waals surface area contributed by atoms with Crippen LogP contribution in [0.3, 0.4) is 0 Å². The Morgan fingerprint density at radius 3 is 2.22 bits per heavy atom. The Morgan fingerprint density at radius 1 is 0.963 bits per heavy atom. The van der Waals surface area contributed by atoms with Crippen LogP contribution in [0.5, 0.6) is 0 Å². The fraction of sp³-hybridized carbons (Fsp3) is 0.571. The topological polar surface area (TPSA) is 86.7 Å². The molecule has 6 heteroatoms. The summed E-state index contributed by atoms with van der Waals surface area (Å²) in [4.78, 5) is 39.2. The summed E-state index contributed by atoms with van der Waals surface area (Å²) in [6, 6.07) is 3.29. The summed E-state index contributed by atoms with van der Waals surface area (Å²) in [5.41, 5.74) is 2.19. The number of benzene rings is 1. The van der Waals surface area contributed by atoms with Gasteiger partial charge >= 0.3 is 5.97 Å². The van der Waals surface area contributed by atoms with E-state index < -0.39 is 5.97 Å². The summed E-state index contributed by atoms with van der Waals surface area (Å²) in [6.45, 7) is 5.18. The second kappa shape index (κ2) is 8.11. The summed E-state index contributed by atoms with van der Waals surface area (Å²) in [6.07, 6.45) is 5.44. The van der Waals surface area contributed by atoms with E-state index in [-0.39, 0.29) is 29.2 Å². The van der Waals surface area contributed by atoms with E-state index in [9.17, 15) is 19.5 Å². The zero-order valence-electron chi connectivity index (χ0n) is 16.1. The van der Waals surface area contributed by atoms with Crippen LogP contribution in [-0.2, 0) is 9.59 Å². The number of nitrogens with one attached hydrogen (secondary N) is 1. The van der Waals surface area contributed by atoms with Crippen LogP contribution in [0, 0.1) is 25.7 Å². The molecule has 2 aliphatic rings. The lowest BCUT2D eigenvalue weighted by molar-refractivity contribution is -0.141. The van der Waals surface area contributed by atoms with Crippen molar-refractivity contribution in [2.75, 3.05) is 18.4 Å². The number of aryl methyl sites for hydroxylation is 2. The molecule has 2 atom stereocenters. The van der Waals surface area contributed by atoms with Crippen molar-refractivity contribution >= 4 is 23.5 Å². The number of aromatic carboxylic acids is 1. The second-order valence-corrected chi connectivity index (χ2v) is 7.81. The Balaban J connectivity index is 1.78. The molecule has 2 unspecified atom stereocenters. The van der Waals surface area contributed by atoms with E-state index in [1.54, 1.807) is 13.0 Å². The van der Waals surface area contributed by atoms with E-state index in [0.29, 0.717) is 17.7 Å². The molecule has 1 saturated heterocycles. The van der Waals surface area contributed by atoms with Gasteiger partial charge in [0.25, 0.3) is 0 Å². The first-order chi connectivity index (χ1) is 12.9. The highest BCUT2D eigenvalue weighted by Gasteiger charge is 2.38. The van der Waals surface area contributed by atoms with Crippen LogP contribution in [0.15, 0.2) is 12.1 Å². The normalized spacial score (nSPS) is 22.5. The van der Waals surface area contributed by atoms with Gasteiger partial charge in [0.1, 0.15) is 0 Å². The molecule has 1 saturated carbocycles. The highest BCUT2D eigenvalue weighted by atomic mass is 16.4. The van der Waals surface area contributed by atoms with Gasteiger partial charge in [-0.05, 0) is 56.7 Å². The molecule has 1 aliphatic heterocycles. The second-order valence-electron chi connectivity index (χ2n) is 7.81. The van der Waals surface area contributed by atoms with Crippen molar-refractivity contribution in [3.63, 3.8) is 0 Å². The van der Waals surface area contributed by atoms with Crippen molar-refractivity contribution < 1.29 is 19.5 Å². The molecule has 2 amide bonds. The number of likely N-dealkylation sites (tertiary alicyclic amines) is 1. The molecule has 1 heterocycles. The van der Waals surface area contributed by atoms with E-state index in [1.807, 2.05) is 11.8 Å². The maximum absolute atomic E-state index is 13.0. The third-order valence-electron chi connectivity index (χ3n) is 5.90. The van der Waals surface area contributed by atoms with Crippen molar-refractivity contribution in [1.29, 1.82) is 0 Å². The SMILES string of the molecule is Cc1cc(C)c(C(=O)O)cc1NC(=O)C1CCCCC1C(=O)N1CCCC1. The monoisotopic (exact) mass is 372 g/mol. The third kappa shape index (κ3) is 4.15. The van der Waals surface area contributed by atoms with Crippen LogP contribution in [0.2, 0.25) is 0 Å². The molecule has 1 aliphatic carbocycles. The Hall–Kier alpha value is -2.37. The van der Waals surface area contributed by atoms with Gasteiger partial charge in [0.05, 0.1) is 5.56 Å². The minimum absolute atomic E-state index is 0.110. The maximum atomic E-state index is 13.0. The lowest BCUT2D eigenvalue weighted by Crippen LogP contribution is -2.42. The molecule has 6 nitrogen and oxygen atoms in total. The first-order valence-electron chi connectivity index (χ1n) is 9.82. The minimum Gasteiger partial charge on any atom is -0.478 e. The first kappa shape index (κ1) is 19.4. The lowest BCUT2D eigenvalue weighted by Gasteiger charge is -2.32. The molecule has 27 heavy (non-hydrogen) atoms. The molecule has 3 rings (SSSR count). The average Bonchev–Trinajstić information content (AvgIpc) is 3.17. The number of amides is 2. The minimum atomic E-state index is -1.01. The highest BCUT2D eigenvalue weighted by molar-refractivity contribution is 5.98. The Bertz CT molecular complexity index is 753. The standard InChI is InChI=1S/C21H28N2O4/c1-13-11-14(2)18(12-17(13)21(26)27)22-19(24)15-7-3-4-8-16(15)20(25)23-9-5-6-10-23/h11-12,15-16H,3-10H2,1-2H3,(H,22,24)(H,26,27). The number of anilines is 1. The number of hydrogen-bond donors (Lipinski definition) is 2. The Morgan fingerprint density at radius 2 is 1.59 bits per heavy atom. The van der Waals surface area contributed by atoms with Gasteiger partial charge in [0.2, 0.25) is 11.8 Å². The van der Waals surface area contributed by atoms with Gasteiger partial charge in [-0.3, -0.25) is 9.59 Å². The van der Waals surface area contributed by atoms with Crippen LogP contribution in [0.1, 0.15) is 60.0 Å². The van der Waals surface area contributed by atoms with Gasteiger partial charge in [-0.1, -0.05) is 18.9 Å². The molecule has 146 valence electrons. The van der Waals surface area contributed by atoms with Gasteiger partial charge in [0, 0.05) is 30.6 Å². The van der Waals surface area contributed by atoms with Gasteiger partial charge in [-0.15, -0.1) is 0 Å². The van der Waals surface area contributed by atoms with Crippen molar-refractivity contribution in [3.05, 3.63) is 28.8 Å². The summed E-state index contributed by atoms with van der Waals surface area (Å²) in [5, 5.41) is 12.2. The van der Waals surface area contributed by atoms with Crippen LogP contribution in [0.4, 0.5) is 5.69 Å². The zero-order chi connectivity index (χ0) is 19.6. The Labute approximate surface area is 159 Å². The predicted molar refractivity (Wildman–Crippen MR) is 103 cm³/mol. The fourth-order valence-electron chi connectivity index (χ4n) is 4.36. The molecule has 0 radical (unpaired) electrons. The molecule has 0 bridgehead atoms.